The van der Waals surface area contributed by atoms with Crippen LogP contribution in [0.4, 0.5) is 19.0 Å². The second kappa shape index (κ2) is 4.34. The zero-order valence-electron chi connectivity index (χ0n) is 9.28. The van der Waals surface area contributed by atoms with E-state index in [2.05, 4.69) is 5.10 Å². The van der Waals surface area contributed by atoms with Gasteiger partial charge in [-0.3, -0.25) is 0 Å². The fourth-order valence-corrected chi connectivity index (χ4v) is 1.64. The van der Waals surface area contributed by atoms with Crippen LogP contribution in [0.15, 0.2) is 30.5 Å². The number of hydrogen-bond acceptors (Lipinski definition) is 3. The number of alkyl halides is 3. The predicted octanol–water partition coefficient (Wildman–Crippen LogP) is 1.93. The Kier molecular flexibility index (Phi) is 3.00. The van der Waals surface area contributed by atoms with Crippen molar-refractivity contribution in [3.05, 3.63) is 41.6 Å². The number of para-hydroxylation sites is 1. The molecule has 0 saturated carbocycles. The van der Waals surface area contributed by atoms with Gasteiger partial charge in [-0.1, -0.05) is 12.1 Å². The zero-order chi connectivity index (χ0) is 13.3. The molecule has 96 valence electrons. The third kappa shape index (κ3) is 2.04. The van der Waals surface area contributed by atoms with E-state index in [9.17, 15) is 13.2 Å². The van der Waals surface area contributed by atoms with Crippen LogP contribution in [-0.4, -0.2) is 9.78 Å². The van der Waals surface area contributed by atoms with Crippen molar-refractivity contribution in [1.82, 2.24) is 9.78 Å². The summed E-state index contributed by atoms with van der Waals surface area (Å²) in [5.41, 5.74) is 10.7. The third-order valence-electron chi connectivity index (χ3n) is 2.54. The lowest BCUT2D eigenvalue weighted by Crippen LogP contribution is -2.13. The number of benzene rings is 1. The minimum absolute atomic E-state index is 0.109. The van der Waals surface area contributed by atoms with Gasteiger partial charge >= 0.3 is 6.18 Å². The van der Waals surface area contributed by atoms with Crippen molar-refractivity contribution < 1.29 is 13.2 Å². The summed E-state index contributed by atoms with van der Waals surface area (Å²) in [4.78, 5) is 0. The van der Waals surface area contributed by atoms with E-state index >= 15 is 0 Å². The molecule has 0 fully saturated rings. The topological polar surface area (TPSA) is 69.9 Å². The van der Waals surface area contributed by atoms with Crippen LogP contribution >= 0.6 is 0 Å². The molecule has 1 aromatic heterocycles. The van der Waals surface area contributed by atoms with Gasteiger partial charge in [-0.25, -0.2) is 4.68 Å². The van der Waals surface area contributed by atoms with Gasteiger partial charge in [0.1, 0.15) is 5.82 Å². The Morgan fingerprint density at radius 2 is 1.89 bits per heavy atom. The van der Waals surface area contributed by atoms with Gasteiger partial charge in [0, 0.05) is 12.1 Å². The highest BCUT2D eigenvalue weighted by Gasteiger charge is 2.34. The minimum atomic E-state index is -4.46. The molecule has 0 saturated heterocycles. The van der Waals surface area contributed by atoms with E-state index in [-0.39, 0.29) is 18.1 Å². The molecule has 4 nitrogen and oxygen atoms in total. The van der Waals surface area contributed by atoms with Gasteiger partial charge in [0.15, 0.2) is 0 Å². The molecular formula is C11H11F3N4. The molecule has 0 spiro atoms. The van der Waals surface area contributed by atoms with E-state index < -0.39 is 11.7 Å². The monoisotopic (exact) mass is 256 g/mol. The first-order valence-electron chi connectivity index (χ1n) is 5.14. The lowest BCUT2D eigenvalue weighted by atomic mass is 10.1. The van der Waals surface area contributed by atoms with Gasteiger partial charge < -0.3 is 11.5 Å². The third-order valence-corrected chi connectivity index (χ3v) is 2.54. The summed E-state index contributed by atoms with van der Waals surface area (Å²) >= 11 is 0. The largest absolute Gasteiger partial charge is 0.418 e. The van der Waals surface area contributed by atoms with E-state index in [4.69, 9.17) is 11.5 Å². The summed E-state index contributed by atoms with van der Waals surface area (Å²) in [6.07, 6.45) is -3.10. The normalized spacial score (nSPS) is 11.8. The van der Waals surface area contributed by atoms with Gasteiger partial charge in [-0.15, -0.1) is 0 Å². The Morgan fingerprint density at radius 1 is 1.22 bits per heavy atom. The molecule has 0 aliphatic rings. The molecule has 0 aliphatic carbocycles. The van der Waals surface area contributed by atoms with Gasteiger partial charge in [0.25, 0.3) is 0 Å². The van der Waals surface area contributed by atoms with Crippen molar-refractivity contribution in [1.29, 1.82) is 0 Å². The Hall–Kier alpha value is -2.02. The van der Waals surface area contributed by atoms with Gasteiger partial charge in [-0.05, 0) is 12.1 Å². The first-order valence-corrected chi connectivity index (χ1v) is 5.14. The molecule has 0 amide bonds. The Balaban J connectivity index is 2.61. The van der Waals surface area contributed by atoms with Crippen LogP contribution in [0, 0.1) is 0 Å². The molecule has 1 aromatic carbocycles. The summed E-state index contributed by atoms with van der Waals surface area (Å²) in [7, 11) is 0. The Morgan fingerprint density at radius 3 is 2.44 bits per heavy atom. The number of halogens is 3. The smallest absolute Gasteiger partial charge is 0.383 e. The molecule has 1 heterocycles. The van der Waals surface area contributed by atoms with Gasteiger partial charge in [0.2, 0.25) is 0 Å². The number of nitrogens with zero attached hydrogens (tertiary/aromatic N) is 2. The quantitative estimate of drug-likeness (QED) is 0.862. The SMILES string of the molecule is NCc1cnn(-c2ccccc2C(F)(F)F)c1N. The lowest BCUT2D eigenvalue weighted by Gasteiger charge is -2.13. The first kappa shape index (κ1) is 12.4. The number of nitrogens with two attached hydrogens (primary N) is 2. The number of aromatic nitrogens is 2. The highest BCUT2D eigenvalue weighted by Crippen LogP contribution is 2.34. The van der Waals surface area contributed by atoms with Crippen molar-refractivity contribution in [2.45, 2.75) is 12.7 Å². The zero-order valence-corrected chi connectivity index (χ0v) is 9.28. The second-order valence-corrected chi connectivity index (χ2v) is 3.69. The standard InChI is InChI=1S/C11H11F3N4/c12-11(13,14)8-3-1-2-4-9(8)18-10(16)7(5-15)6-17-18/h1-4,6H,5,15-16H2. The maximum atomic E-state index is 12.8. The summed E-state index contributed by atoms with van der Waals surface area (Å²) in [6, 6.07) is 5.11. The van der Waals surface area contributed by atoms with Crippen LogP contribution in [0.5, 0.6) is 0 Å². The molecule has 0 bridgehead atoms. The Labute approximate surface area is 101 Å². The molecule has 0 atom stereocenters. The van der Waals surface area contributed by atoms with Crippen LogP contribution in [0.1, 0.15) is 11.1 Å². The van der Waals surface area contributed by atoms with Gasteiger partial charge in [0.05, 0.1) is 17.4 Å². The van der Waals surface area contributed by atoms with Crippen molar-refractivity contribution >= 4 is 5.82 Å². The molecule has 2 aromatic rings. The van der Waals surface area contributed by atoms with E-state index in [1.807, 2.05) is 0 Å². The summed E-state index contributed by atoms with van der Waals surface area (Å²) in [5, 5.41) is 3.84. The number of anilines is 1. The maximum absolute atomic E-state index is 12.8. The van der Waals surface area contributed by atoms with Crippen LogP contribution in [-0.2, 0) is 12.7 Å². The van der Waals surface area contributed by atoms with Crippen LogP contribution in [0.2, 0.25) is 0 Å². The van der Waals surface area contributed by atoms with Crippen LogP contribution in [0.25, 0.3) is 5.69 Å². The fraction of sp³-hybridized carbons (Fsp3) is 0.182. The molecule has 7 heteroatoms. The average Bonchev–Trinajstić information content (AvgIpc) is 2.69. The molecule has 0 unspecified atom stereocenters. The highest BCUT2D eigenvalue weighted by molar-refractivity contribution is 5.51. The minimum Gasteiger partial charge on any atom is -0.383 e. The van der Waals surface area contributed by atoms with E-state index in [0.717, 1.165) is 10.7 Å². The molecule has 18 heavy (non-hydrogen) atoms. The number of nitrogen functional groups attached to an aromatic ring is 1. The van der Waals surface area contributed by atoms with Crippen LogP contribution in [0.3, 0.4) is 0 Å². The Bertz CT molecular complexity index is 560. The molecular weight excluding hydrogens is 245 g/mol. The first-order chi connectivity index (χ1) is 8.45. The van der Waals surface area contributed by atoms with E-state index in [0.29, 0.717) is 5.56 Å². The van der Waals surface area contributed by atoms with Crippen molar-refractivity contribution in [2.75, 3.05) is 5.73 Å². The molecule has 2 rings (SSSR count). The van der Waals surface area contributed by atoms with Crippen molar-refractivity contribution in [2.24, 2.45) is 5.73 Å². The molecule has 0 aliphatic heterocycles. The average molecular weight is 256 g/mol. The predicted molar refractivity (Wildman–Crippen MR) is 60.9 cm³/mol. The number of hydrogen-bond donors (Lipinski definition) is 2. The second-order valence-electron chi connectivity index (χ2n) is 3.69. The van der Waals surface area contributed by atoms with Crippen molar-refractivity contribution in [3.8, 4) is 5.69 Å². The summed E-state index contributed by atoms with van der Waals surface area (Å²) in [5.74, 6) is 0.120. The fourth-order valence-electron chi connectivity index (χ4n) is 1.64. The molecule has 4 N–H and O–H groups in total. The van der Waals surface area contributed by atoms with E-state index in [1.54, 1.807) is 0 Å². The van der Waals surface area contributed by atoms with Gasteiger partial charge in [-0.2, -0.15) is 18.3 Å². The van der Waals surface area contributed by atoms with E-state index in [1.165, 1.54) is 24.4 Å². The lowest BCUT2D eigenvalue weighted by molar-refractivity contribution is -0.137. The number of rotatable bonds is 2. The summed E-state index contributed by atoms with van der Waals surface area (Å²) in [6.45, 7) is 0.125. The summed E-state index contributed by atoms with van der Waals surface area (Å²) < 4.78 is 39.6. The maximum Gasteiger partial charge on any atom is 0.418 e. The highest BCUT2D eigenvalue weighted by atomic mass is 19.4. The molecule has 0 radical (unpaired) electrons. The van der Waals surface area contributed by atoms with Crippen LogP contribution < -0.4 is 11.5 Å². The van der Waals surface area contributed by atoms with Crippen molar-refractivity contribution in [3.63, 3.8) is 0 Å².